The normalized spacial score (nSPS) is 21.1. The molecule has 1 amide bonds. The fourth-order valence-corrected chi connectivity index (χ4v) is 3.23. The third-order valence-electron chi connectivity index (χ3n) is 4.36. The molecule has 0 saturated carbocycles. The first-order chi connectivity index (χ1) is 12.0. The van der Waals surface area contributed by atoms with Gasteiger partial charge < -0.3 is 10.1 Å². The van der Waals surface area contributed by atoms with Crippen molar-refractivity contribution in [3.05, 3.63) is 59.3 Å². The van der Waals surface area contributed by atoms with Crippen molar-refractivity contribution in [3.63, 3.8) is 0 Å². The largest absolute Gasteiger partial charge is 0.373 e. The second kappa shape index (κ2) is 7.76. The number of aromatic nitrogens is 1. The Morgan fingerprint density at radius 2 is 1.88 bits per heavy atom. The van der Waals surface area contributed by atoms with Gasteiger partial charge in [0.15, 0.2) is 0 Å². The van der Waals surface area contributed by atoms with Crippen molar-refractivity contribution in [2.24, 2.45) is 0 Å². The van der Waals surface area contributed by atoms with Crippen LogP contribution in [0.1, 0.15) is 35.3 Å². The molecule has 1 saturated heterocycles. The van der Waals surface area contributed by atoms with Crippen molar-refractivity contribution in [2.45, 2.75) is 39.5 Å². The van der Waals surface area contributed by atoms with E-state index in [0.29, 0.717) is 11.4 Å². The molecule has 1 aromatic heterocycles. The third kappa shape index (κ3) is 4.65. The first-order valence-corrected chi connectivity index (χ1v) is 8.71. The Bertz CT molecular complexity index is 720. The van der Waals surface area contributed by atoms with Crippen LogP contribution >= 0.6 is 0 Å². The van der Waals surface area contributed by atoms with Crippen LogP contribution in [0, 0.1) is 6.92 Å². The fourth-order valence-electron chi connectivity index (χ4n) is 3.23. The lowest BCUT2D eigenvalue weighted by atomic mass is 10.1. The fraction of sp³-hybridized carbons (Fsp3) is 0.400. The number of anilines is 1. The summed E-state index contributed by atoms with van der Waals surface area (Å²) in [6.07, 6.45) is 2.20. The van der Waals surface area contributed by atoms with Crippen LogP contribution in [0.5, 0.6) is 0 Å². The number of benzene rings is 1. The van der Waals surface area contributed by atoms with Crippen molar-refractivity contribution in [1.29, 1.82) is 0 Å². The standard InChI is InChI=1S/C20H25N3O2/c1-14-5-4-10-21-19(14)22-20(24)18-8-6-17(7-9-18)13-23-11-15(2)25-16(3)12-23/h4-10,15-16H,11-13H2,1-3H3,(H,21,22,24)/t15-,16-/m1/s1. The molecule has 2 atom stereocenters. The van der Waals surface area contributed by atoms with Crippen LogP contribution in [0.3, 0.4) is 0 Å². The zero-order valence-corrected chi connectivity index (χ0v) is 15.0. The second-order valence-electron chi connectivity index (χ2n) is 6.77. The van der Waals surface area contributed by atoms with E-state index in [2.05, 4.69) is 29.0 Å². The average molecular weight is 339 g/mol. The van der Waals surface area contributed by atoms with Crippen LogP contribution in [0.25, 0.3) is 0 Å². The van der Waals surface area contributed by atoms with Crippen LogP contribution in [0.2, 0.25) is 0 Å². The number of ether oxygens (including phenoxy) is 1. The van der Waals surface area contributed by atoms with Gasteiger partial charge >= 0.3 is 0 Å². The molecule has 1 aliphatic rings. The van der Waals surface area contributed by atoms with E-state index in [1.54, 1.807) is 6.20 Å². The predicted octanol–water partition coefficient (Wildman–Crippen LogP) is 3.25. The summed E-state index contributed by atoms with van der Waals surface area (Å²) >= 11 is 0. The van der Waals surface area contributed by atoms with E-state index in [9.17, 15) is 4.79 Å². The first kappa shape index (κ1) is 17.6. The summed E-state index contributed by atoms with van der Waals surface area (Å²) in [5.41, 5.74) is 2.78. The SMILES string of the molecule is Cc1cccnc1NC(=O)c1ccc(CN2C[C@@H](C)O[C@H](C)C2)cc1. The van der Waals surface area contributed by atoms with Gasteiger partial charge in [-0.3, -0.25) is 9.69 Å². The molecule has 5 nitrogen and oxygen atoms in total. The highest BCUT2D eigenvalue weighted by atomic mass is 16.5. The molecular weight excluding hydrogens is 314 g/mol. The summed E-state index contributed by atoms with van der Waals surface area (Å²) in [6.45, 7) is 8.89. The van der Waals surface area contributed by atoms with E-state index in [1.165, 1.54) is 5.56 Å². The summed E-state index contributed by atoms with van der Waals surface area (Å²) in [5.74, 6) is 0.467. The highest BCUT2D eigenvalue weighted by molar-refractivity contribution is 6.04. The Morgan fingerprint density at radius 1 is 1.20 bits per heavy atom. The number of nitrogens with one attached hydrogen (secondary N) is 1. The Hall–Kier alpha value is -2.24. The summed E-state index contributed by atoms with van der Waals surface area (Å²) < 4.78 is 5.77. The van der Waals surface area contributed by atoms with Gasteiger partial charge in [0.05, 0.1) is 12.2 Å². The molecule has 0 bridgehead atoms. The molecule has 0 unspecified atom stereocenters. The molecule has 1 N–H and O–H groups in total. The average Bonchev–Trinajstić information content (AvgIpc) is 2.56. The molecule has 0 spiro atoms. The lowest BCUT2D eigenvalue weighted by Gasteiger charge is -2.35. The summed E-state index contributed by atoms with van der Waals surface area (Å²) in [6, 6.07) is 11.6. The van der Waals surface area contributed by atoms with Gasteiger partial charge in [-0.2, -0.15) is 0 Å². The molecule has 2 aromatic rings. The molecule has 0 aliphatic carbocycles. The zero-order valence-electron chi connectivity index (χ0n) is 15.0. The van der Waals surface area contributed by atoms with Gasteiger partial charge in [-0.25, -0.2) is 4.98 Å². The number of amides is 1. The highest BCUT2D eigenvalue weighted by Crippen LogP contribution is 2.16. The van der Waals surface area contributed by atoms with Gasteiger partial charge in [0.1, 0.15) is 5.82 Å². The van der Waals surface area contributed by atoms with E-state index in [-0.39, 0.29) is 18.1 Å². The minimum atomic E-state index is -0.137. The number of aryl methyl sites for hydroxylation is 1. The monoisotopic (exact) mass is 339 g/mol. The molecule has 1 fully saturated rings. The maximum absolute atomic E-state index is 12.4. The molecule has 1 aromatic carbocycles. The number of morpholine rings is 1. The lowest BCUT2D eigenvalue weighted by Crippen LogP contribution is -2.44. The molecule has 2 heterocycles. The van der Waals surface area contributed by atoms with Crippen LogP contribution in [-0.4, -0.2) is 41.1 Å². The van der Waals surface area contributed by atoms with Gasteiger partial charge in [-0.1, -0.05) is 18.2 Å². The van der Waals surface area contributed by atoms with Crippen LogP contribution in [0.15, 0.2) is 42.6 Å². The Labute approximate surface area is 149 Å². The van der Waals surface area contributed by atoms with Crippen molar-refractivity contribution in [3.8, 4) is 0 Å². The van der Waals surface area contributed by atoms with E-state index < -0.39 is 0 Å². The van der Waals surface area contributed by atoms with Gasteiger partial charge in [-0.05, 0) is 50.1 Å². The third-order valence-corrected chi connectivity index (χ3v) is 4.36. The molecule has 3 rings (SSSR count). The van der Waals surface area contributed by atoms with Crippen LogP contribution < -0.4 is 5.32 Å². The van der Waals surface area contributed by atoms with Gasteiger partial charge in [0.2, 0.25) is 0 Å². The predicted molar refractivity (Wildman–Crippen MR) is 98.7 cm³/mol. The van der Waals surface area contributed by atoms with Gasteiger partial charge in [0, 0.05) is 31.4 Å². The molecule has 0 radical (unpaired) electrons. The Morgan fingerprint density at radius 3 is 2.52 bits per heavy atom. The minimum Gasteiger partial charge on any atom is -0.373 e. The highest BCUT2D eigenvalue weighted by Gasteiger charge is 2.22. The van der Waals surface area contributed by atoms with Gasteiger partial charge in [0.25, 0.3) is 5.91 Å². The smallest absolute Gasteiger partial charge is 0.256 e. The number of hydrogen-bond donors (Lipinski definition) is 1. The van der Waals surface area contributed by atoms with E-state index in [1.807, 2.05) is 43.3 Å². The second-order valence-corrected chi connectivity index (χ2v) is 6.77. The van der Waals surface area contributed by atoms with Crippen LogP contribution in [0.4, 0.5) is 5.82 Å². The van der Waals surface area contributed by atoms with E-state index in [4.69, 9.17) is 4.74 Å². The Kier molecular flexibility index (Phi) is 5.46. The summed E-state index contributed by atoms with van der Waals surface area (Å²) in [5, 5.41) is 2.86. The number of hydrogen-bond acceptors (Lipinski definition) is 4. The van der Waals surface area contributed by atoms with E-state index in [0.717, 1.165) is 25.2 Å². The van der Waals surface area contributed by atoms with Crippen molar-refractivity contribution in [2.75, 3.05) is 18.4 Å². The summed E-state index contributed by atoms with van der Waals surface area (Å²) in [4.78, 5) is 19.0. The lowest BCUT2D eigenvalue weighted by molar-refractivity contribution is -0.0704. The molecule has 5 heteroatoms. The quantitative estimate of drug-likeness (QED) is 0.929. The molecule has 1 aliphatic heterocycles. The number of rotatable bonds is 4. The topological polar surface area (TPSA) is 54.5 Å². The maximum atomic E-state index is 12.4. The molecule has 25 heavy (non-hydrogen) atoms. The zero-order chi connectivity index (χ0) is 17.8. The summed E-state index contributed by atoms with van der Waals surface area (Å²) in [7, 11) is 0. The number of carbonyl (C=O) groups is 1. The number of carbonyl (C=O) groups excluding carboxylic acids is 1. The van der Waals surface area contributed by atoms with E-state index >= 15 is 0 Å². The van der Waals surface area contributed by atoms with Crippen LogP contribution in [-0.2, 0) is 11.3 Å². The van der Waals surface area contributed by atoms with Gasteiger partial charge in [-0.15, -0.1) is 0 Å². The first-order valence-electron chi connectivity index (χ1n) is 8.71. The minimum absolute atomic E-state index is 0.137. The van der Waals surface area contributed by atoms with Crippen molar-refractivity contribution in [1.82, 2.24) is 9.88 Å². The van der Waals surface area contributed by atoms with Crippen molar-refractivity contribution >= 4 is 11.7 Å². The van der Waals surface area contributed by atoms with Crippen molar-refractivity contribution < 1.29 is 9.53 Å². The molecular formula is C20H25N3O2. The molecule has 132 valence electrons. The number of nitrogens with zero attached hydrogens (tertiary/aromatic N) is 2. The number of pyridine rings is 1. The maximum Gasteiger partial charge on any atom is 0.256 e. The Balaban J connectivity index is 1.62.